The topological polar surface area (TPSA) is 29.1 Å². The molecule has 0 aromatic heterocycles. The van der Waals surface area contributed by atoms with Crippen molar-refractivity contribution in [3.63, 3.8) is 0 Å². The van der Waals surface area contributed by atoms with E-state index in [-0.39, 0.29) is 0 Å². The standard InChI is InChI=1S/C13H19Cl2NOS/c1-3-7-16-10(2)6-8-18(17)11-4-5-12(14)13(15)9-11/h4-5,9-10,16H,3,6-8H2,1-2H3. The minimum Gasteiger partial charge on any atom is -0.314 e. The molecular weight excluding hydrogens is 289 g/mol. The van der Waals surface area contributed by atoms with Crippen molar-refractivity contribution in [3.05, 3.63) is 28.2 Å². The van der Waals surface area contributed by atoms with E-state index in [1.807, 2.05) is 0 Å². The van der Waals surface area contributed by atoms with Crippen LogP contribution in [0.25, 0.3) is 0 Å². The van der Waals surface area contributed by atoms with Gasteiger partial charge in [0, 0.05) is 16.7 Å². The second-order valence-electron chi connectivity index (χ2n) is 4.27. The van der Waals surface area contributed by atoms with Gasteiger partial charge in [0.05, 0.1) is 20.8 Å². The molecule has 0 aliphatic carbocycles. The molecule has 0 saturated heterocycles. The highest BCUT2D eigenvalue weighted by Gasteiger charge is 2.09. The molecule has 0 aliphatic heterocycles. The molecule has 1 rings (SSSR count). The van der Waals surface area contributed by atoms with Crippen LogP contribution in [-0.2, 0) is 10.8 Å². The number of hydrogen-bond donors (Lipinski definition) is 1. The lowest BCUT2D eigenvalue weighted by Gasteiger charge is -2.12. The van der Waals surface area contributed by atoms with E-state index in [4.69, 9.17) is 23.2 Å². The summed E-state index contributed by atoms with van der Waals surface area (Å²) in [7, 11) is -1.01. The summed E-state index contributed by atoms with van der Waals surface area (Å²) in [4.78, 5) is 0.743. The molecule has 0 saturated carbocycles. The molecule has 102 valence electrons. The average Bonchev–Trinajstić information content (AvgIpc) is 2.36. The maximum absolute atomic E-state index is 12.1. The molecule has 1 aromatic carbocycles. The zero-order valence-corrected chi connectivity index (χ0v) is 13.0. The first-order valence-corrected chi connectivity index (χ1v) is 8.19. The Labute approximate surface area is 122 Å². The number of halogens is 2. The third kappa shape index (κ3) is 5.27. The van der Waals surface area contributed by atoms with Gasteiger partial charge in [-0.05, 0) is 44.5 Å². The van der Waals surface area contributed by atoms with E-state index in [2.05, 4.69) is 19.2 Å². The second kappa shape index (κ2) is 8.16. The fourth-order valence-electron chi connectivity index (χ4n) is 1.51. The van der Waals surface area contributed by atoms with Crippen LogP contribution in [0.3, 0.4) is 0 Å². The zero-order chi connectivity index (χ0) is 13.5. The highest BCUT2D eigenvalue weighted by Crippen LogP contribution is 2.24. The quantitative estimate of drug-likeness (QED) is 0.828. The van der Waals surface area contributed by atoms with E-state index in [0.717, 1.165) is 24.3 Å². The molecule has 5 heteroatoms. The summed E-state index contributed by atoms with van der Waals surface area (Å²) < 4.78 is 12.1. The Morgan fingerprint density at radius 2 is 2.06 bits per heavy atom. The summed E-state index contributed by atoms with van der Waals surface area (Å²) in [6, 6.07) is 5.53. The Morgan fingerprint density at radius 3 is 2.67 bits per heavy atom. The van der Waals surface area contributed by atoms with Crippen molar-refractivity contribution in [1.82, 2.24) is 5.32 Å². The minimum absolute atomic E-state index is 0.386. The van der Waals surface area contributed by atoms with E-state index in [1.165, 1.54) is 0 Å². The Balaban J connectivity index is 2.47. The third-order valence-electron chi connectivity index (χ3n) is 2.63. The van der Waals surface area contributed by atoms with Gasteiger partial charge in [-0.2, -0.15) is 0 Å². The van der Waals surface area contributed by atoms with E-state index >= 15 is 0 Å². The summed E-state index contributed by atoms with van der Waals surface area (Å²) in [5, 5.41) is 4.33. The molecule has 0 amide bonds. The molecule has 0 heterocycles. The van der Waals surface area contributed by atoms with Crippen LogP contribution in [0.2, 0.25) is 10.0 Å². The fourth-order valence-corrected chi connectivity index (χ4v) is 3.15. The van der Waals surface area contributed by atoms with Crippen LogP contribution in [0.5, 0.6) is 0 Å². The molecule has 2 unspecified atom stereocenters. The van der Waals surface area contributed by atoms with E-state index < -0.39 is 10.8 Å². The molecular formula is C13H19Cl2NOS. The summed E-state index contributed by atoms with van der Waals surface area (Å²) in [6.45, 7) is 5.25. The van der Waals surface area contributed by atoms with Crippen LogP contribution in [0.15, 0.2) is 23.1 Å². The monoisotopic (exact) mass is 307 g/mol. The minimum atomic E-state index is -1.01. The predicted molar refractivity (Wildman–Crippen MR) is 80.1 cm³/mol. The number of hydrogen-bond acceptors (Lipinski definition) is 2. The van der Waals surface area contributed by atoms with Crippen LogP contribution in [-0.4, -0.2) is 22.5 Å². The van der Waals surface area contributed by atoms with Gasteiger partial charge in [-0.1, -0.05) is 30.1 Å². The maximum atomic E-state index is 12.1. The lowest BCUT2D eigenvalue weighted by Crippen LogP contribution is -2.28. The van der Waals surface area contributed by atoms with Crippen LogP contribution in [0.4, 0.5) is 0 Å². The first-order chi connectivity index (χ1) is 8.54. The Hall–Kier alpha value is -0.0900. The Kier molecular flexibility index (Phi) is 7.23. The van der Waals surface area contributed by atoms with Crippen molar-refractivity contribution in [1.29, 1.82) is 0 Å². The lowest BCUT2D eigenvalue weighted by atomic mass is 10.2. The second-order valence-corrected chi connectivity index (χ2v) is 6.65. The van der Waals surface area contributed by atoms with E-state index in [9.17, 15) is 4.21 Å². The Bertz CT molecular complexity index is 412. The van der Waals surface area contributed by atoms with Crippen molar-refractivity contribution in [2.24, 2.45) is 0 Å². The van der Waals surface area contributed by atoms with Gasteiger partial charge in [-0.3, -0.25) is 4.21 Å². The van der Waals surface area contributed by atoms with Crippen molar-refractivity contribution >= 4 is 34.0 Å². The third-order valence-corrected chi connectivity index (χ3v) is 4.76. The highest BCUT2D eigenvalue weighted by molar-refractivity contribution is 7.85. The molecule has 2 nitrogen and oxygen atoms in total. The molecule has 0 fully saturated rings. The van der Waals surface area contributed by atoms with Crippen LogP contribution in [0, 0.1) is 0 Å². The van der Waals surface area contributed by atoms with Gasteiger partial charge in [0.25, 0.3) is 0 Å². The zero-order valence-electron chi connectivity index (χ0n) is 10.7. The summed E-state index contributed by atoms with van der Waals surface area (Å²) in [5.74, 6) is 0.635. The van der Waals surface area contributed by atoms with Crippen molar-refractivity contribution in [3.8, 4) is 0 Å². The normalized spacial score (nSPS) is 14.4. The molecule has 0 bridgehead atoms. The van der Waals surface area contributed by atoms with Crippen molar-refractivity contribution in [2.75, 3.05) is 12.3 Å². The molecule has 0 radical (unpaired) electrons. The van der Waals surface area contributed by atoms with Gasteiger partial charge >= 0.3 is 0 Å². The van der Waals surface area contributed by atoms with Gasteiger partial charge in [0.15, 0.2) is 0 Å². The summed E-state index contributed by atoms with van der Waals surface area (Å²) in [6.07, 6.45) is 1.99. The molecule has 0 aliphatic rings. The Morgan fingerprint density at radius 1 is 1.33 bits per heavy atom. The number of benzene rings is 1. The van der Waals surface area contributed by atoms with Gasteiger partial charge in [-0.15, -0.1) is 0 Å². The van der Waals surface area contributed by atoms with Crippen LogP contribution >= 0.6 is 23.2 Å². The maximum Gasteiger partial charge on any atom is 0.0604 e. The van der Waals surface area contributed by atoms with Gasteiger partial charge in [0.2, 0.25) is 0 Å². The summed E-state index contributed by atoms with van der Waals surface area (Å²) >= 11 is 11.7. The molecule has 2 atom stereocenters. The van der Waals surface area contributed by atoms with Crippen LogP contribution < -0.4 is 5.32 Å². The number of rotatable bonds is 7. The first-order valence-electron chi connectivity index (χ1n) is 6.11. The first kappa shape index (κ1) is 16.0. The number of nitrogens with one attached hydrogen (secondary N) is 1. The van der Waals surface area contributed by atoms with Crippen LogP contribution in [0.1, 0.15) is 26.7 Å². The molecule has 1 N–H and O–H groups in total. The van der Waals surface area contributed by atoms with Gasteiger partial charge in [0.1, 0.15) is 0 Å². The van der Waals surface area contributed by atoms with Gasteiger partial charge in [-0.25, -0.2) is 0 Å². The van der Waals surface area contributed by atoms with Crippen molar-refractivity contribution in [2.45, 2.75) is 37.6 Å². The van der Waals surface area contributed by atoms with Crippen molar-refractivity contribution < 1.29 is 4.21 Å². The predicted octanol–water partition coefficient (Wildman–Crippen LogP) is 3.88. The highest BCUT2D eigenvalue weighted by atomic mass is 35.5. The fraction of sp³-hybridized carbons (Fsp3) is 0.538. The van der Waals surface area contributed by atoms with Gasteiger partial charge < -0.3 is 5.32 Å². The molecule has 1 aromatic rings. The average molecular weight is 308 g/mol. The summed E-state index contributed by atoms with van der Waals surface area (Å²) in [5.41, 5.74) is 0. The van der Waals surface area contributed by atoms with E-state index in [1.54, 1.807) is 18.2 Å². The molecule has 0 spiro atoms. The SMILES string of the molecule is CCCNC(C)CCS(=O)c1ccc(Cl)c(Cl)c1. The lowest BCUT2D eigenvalue weighted by molar-refractivity contribution is 0.533. The largest absolute Gasteiger partial charge is 0.314 e. The molecule has 18 heavy (non-hydrogen) atoms. The van der Waals surface area contributed by atoms with E-state index in [0.29, 0.717) is 21.8 Å². The smallest absolute Gasteiger partial charge is 0.0604 e.